The number of carbonyl (C=O) groups is 2. The van der Waals surface area contributed by atoms with Crippen LogP contribution in [0.4, 0.5) is 5.69 Å². The molecule has 0 saturated carbocycles. The van der Waals surface area contributed by atoms with Gasteiger partial charge in [-0.25, -0.2) is 9.86 Å². The number of hydrogen-bond acceptors (Lipinski definition) is 7. The van der Waals surface area contributed by atoms with Crippen LogP contribution in [0.25, 0.3) is 0 Å². The Labute approximate surface area is 169 Å². The van der Waals surface area contributed by atoms with Crippen LogP contribution in [0, 0.1) is 0 Å². The van der Waals surface area contributed by atoms with Crippen molar-refractivity contribution in [1.29, 1.82) is 0 Å². The summed E-state index contributed by atoms with van der Waals surface area (Å²) in [5, 5.41) is 23.4. The number of ketones is 1. The summed E-state index contributed by atoms with van der Waals surface area (Å²) >= 11 is 3.44. The lowest BCUT2D eigenvalue weighted by Gasteiger charge is -2.26. The zero-order chi connectivity index (χ0) is 20.1. The highest BCUT2D eigenvalue weighted by atomic mass is 79.9. The van der Waals surface area contributed by atoms with Gasteiger partial charge in [0.05, 0.1) is 18.8 Å². The summed E-state index contributed by atoms with van der Waals surface area (Å²) in [6.45, 7) is 1.92. The van der Waals surface area contributed by atoms with Gasteiger partial charge in [0.2, 0.25) is 5.78 Å². The van der Waals surface area contributed by atoms with Crippen LogP contribution in [0.3, 0.4) is 0 Å². The highest BCUT2D eigenvalue weighted by Crippen LogP contribution is 2.50. The van der Waals surface area contributed by atoms with Gasteiger partial charge in [0, 0.05) is 34.5 Å². The number of phenolic OH excluding ortho intramolecular Hbond substituents is 1. The Balaban J connectivity index is 1.81. The van der Waals surface area contributed by atoms with Crippen LogP contribution in [0.5, 0.6) is 11.5 Å². The Morgan fingerprint density at radius 2 is 2.14 bits per heavy atom. The standard InChI is InChI=1S/C20H18BrNO6/c1-2-15(23)19(25)28-22-10-20(26,18-13(21)4-3-5-14(18)22)12-8-11-6-7-27-17(11)9-16(12)24/h3-5,8-9,24,26H,2,6-7,10H2,1H3. The minimum atomic E-state index is -1.66. The molecule has 0 spiro atoms. The van der Waals surface area contributed by atoms with Crippen LogP contribution < -0.4 is 9.80 Å². The van der Waals surface area contributed by atoms with E-state index in [0.29, 0.717) is 34.5 Å². The second kappa shape index (κ2) is 6.79. The maximum absolute atomic E-state index is 12.0. The van der Waals surface area contributed by atoms with Crippen molar-refractivity contribution in [3.05, 3.63) is 51.5 Å². The van der Waals surface area contributed by atoms with Crippen molar-refractivity contribution in [3.8, 4) is 11.5 Å². The molecule has 146 valence electrons. The van der Waals surface area contributed by atoms with Gasteiger partial charge in [0.25, 0.3) is 0 Å². The molecule has 2 aromatic carbocycles. The van der Waals surface area contributed by atoms with Gasteiger partial charge >= 0.3 is 5.97 Å². The third-order valence-electron chi connectivity index (χ3n) is 5.04. The molecule has 2 aliphatic heterocycles. The smallest absolute Gasteiger partial charge is 0.398 e. The van der Waals surface area contributed by atoms with Crippen molar-refractivity contribution in [2.24, 2.45) is 0 Å². The second-order valence-electron chi connectivity index (χ2n) is 6.76. The topological polar surface area (TPSA) is 96.3 Å². The van der Waals surface area contributed by atoms with Gasteiger partial charge in [-0.15, -0.1) is 0 Å². The third kappa shape index (κ3) is 2.84. The monoisotopic (exact) mass is 447 g/mol. The Kier molecular flexibility index (Phi) is 4.55. The first kappa shape index (κ1) is 18.8. The summed E-state index contributed by atoms with van der Waals surface area (Å²) in [6.07, 6.45) is 0.694. The van der Waals surface area contributed by atoms with Gasteiger partial charge in [-0.3, -0.25) is 4.79 Å². The molecule has 28 heavy (non-hydrogen) atoms. The number of halogens is 1. The van der Waals surface area contributed by atoms with Gasteiger partial charge in [0.15, 0.2) is 0 Å². The van der Waals surface area contributed by atoms with Gasteiger partial charge in [-0.2, -0.15) is 0 Å². The summed E-state index contributed by atoms with van der Waals surface area (Å²) in [5.41, 5.74) is 0.384. The molecule has 8 heteroatoms. The Bertz CT molecular complexity index is 991. The summed E-state index contributed by atoms with van der Waals surface area (Å²) < 4.78 is 6.05. The maximum atomic E-state index is 12.0. The molecule has 2 heterocycles. The van der Waals surface area contributed by atoms with E-state index in [1.54, 1.807) is 31.2 Å². The summed E-state index contributed by atoms with van der Waals surface area (Å²) in [7, 11) is 0. The molecule has 0 aromatic heterocycles. The number of Topliss-reactive ketones (excluding diaryl/α,β-unsaturated/α-hetero) is 1. The molecule has 2 aromatic rings. The fourth-order valence-corrected chi connectivity index (χ4v) is 4.33. The fraction of sp³-hybridized carbons (Fsp3) is 0.300. The lowest BCUT2D eigenvalue weighted by Crippen LogP contribution is -2.37. The van der Waals surface area contributed by atoms with E-state index >= 15 is 0 Å². The number of ether oxygens (including phenoxy) is 1. The first-order valence-electron chi connectivity index (χ1n) is 8.88. The van der Waals surface area contributed by atoms with Crippen LogP contribution in [-0.2, 0) is 26.4 Å². The van der Waals surface area contributed by atoms with Crippen LogP contribution >= 0.6 is 15.9 Å². The largest absolute Gasteiger partial charge is 0.507 e. The number of benzene rings is 2. The van der Waals surface area contributed by atoms with Crippen molar-refractivity contribution < 1.29 is 29.4 Å². The zero-order valence-corrected chi connectivity index (χ0v) is 16.7. The molecule has 0 aliphatic carbocycles. The number of aliphatic hydroxyl groups is 1. The van der Waals surface area contributed by atoms with Gasteiger partial charge in [-0.1, -0.05) is 28.9 Å². The maximum Gasteiger partial charge on any atom is 0.398 e. The van der Waals surface area contributed by atoms with E-state index in [2.05, 4.69) is 15.9 Å². The van der Waals surface area contributed by atoms with Crippen molar-refractivity contribution in [2.45, 2.75) is 25.4 Å². The summed E-state index contributed by atoms with van der Waals surface area (Å²) in [4.78, 5) is 28.9. The number of phenols is 1. The predicted octanol–water partition coefficient (Wildman–Crippen LogP) is 2.58. The molecule has 7 nitrogen and oxygen atoms in total. The fourth-order valence-electron chi connectivity index (χ4n) is 3.64. The Hall–Kier alpha value is -2.58. The van der Waals surface area contributed by atoms with Crippen molar-refractivity contribution in [2.75, 3.05) is 18.2 Å². The molecular formula is C20H18BrNO6. The average Bonchev–Trinajstić information content (AvgIpc) is 3.23. The van der Waals surface area contributed by atoms with Crippen molar-refractivity contribution >= 4 is 33.4 Å². The van der Waals surface area contributed by atoms with Gasteiger partial charge in [0.1, 0.15) is 17.1 Å². The van der Waals surface area contributed by atoms with Gasteiger partial charge in [-0.05, 0) is 23.8 Å². The first-order valence-corrected chi connectivity index (χ1v) is 9.67. The number of aromatic hydroxyl groups is 1. The number of nitrogens with zero attached hydrogens (tertiary/aromatic N) is 1. The van der Waals surface area contributed by atoms with E-state index in [4.69, 9.17) is 9.57 Å². The van der Waals surface area contributed by atoms with Gasteiger partial charge < -0.3 is 19.8 Å². The third-order valence-corrected chi connectivity index (χ3v) is 5.70. The Morgan fingerprint density at radius 3 is 2.89 bits per heavy atom. The molecule has 0 fully saturated rings. The number of carbonyl (C=O) groups excluding carboxylic acids is 2. The van der Waals surface area contributed by atoms with Crippen LogP contribution in [0.2, 0.25) is 0 Å². The molecule has 1 atom stereocenters. The quantitative estimate of drug-likeness (QED) is 0.695. The average molecular weight is 448 g/mol. The lowest BCUT2D eigenvalue weighted by molar-refractivity contribution is -0.155. The molecule has 2 aliphatic rings. The van der Waals surface area contributed by atoms with E-state index in [-0.39, 0.29) is 24.3 Å². The summed E-state index contributed by atoms with van der Waals surface area (Å²) in [6, 6.07) is 8.35. The normalized spacial score (nSPS) is 19.8. The van der Waals surface area contributed by atoms with Crippen molar-refractivity contribution in [3.63, 3.8) is 0 Å². The number of β-amino-alcohol motifs (C(OH)–C–C–N with tert-alkyl or cyclic N) is 1. The number of rotatable bonds is 4. The van der Waals surface area contributed by atoms with E-state index in [1.165, 1.54) is 11.1 Å². The first-order chi connectivity index (χ1) is 13.3. The van der Waals surface area contributed by atoms with E-state index < -0.39 is 17.4 Å². The number of hydrogen-bond donors (Lipinski definition) is 2. The predicted molar refractivity (Wildman–Crippen MR) is 103 cm³/mol. The molecule has 0 saturated heterocycles. The van der Waals surface area contributed by atoms with Crippen molar-refractivity contribution in [1.82, 2.24) is 0 Å². The van der Waals surface area contributed by atoms with E-state index in [1.807, 2.05) is 0 Å². The number of fused-ring (bicyclic) bond motifs is 2. The van der Waals surface area contributed by atoms with Crippen LogP contribution in [0.15, 0.2) is 34.8 Å². The zero-order valence-electron chi connectivity index (χ0n) is 15.1. The highest BCUT2D eigenvalue weighted by Gasteiger charge is 2.48. The highest BCUT2D eigenvalue weighted by molar-refractivity contribution is 9.10. The summed E-state index contributed by atoms with van der Waals surface area (Å²) in [5.74, 6) is -1.19. The Morgan fingerprint density at radius 1 is 1.36 bits per heavy atom. The molecule has 1 unspecified atom stereocenters. The van der Waals surface area contributed by atoms with Crippen LogP contribution in [0.1, 0.15) is 30.0 Å². The lowest BCUT2D eigenvalue weighted by atomic mass is 9.86. The SMILES string of the molecule is CCC(=O)C(=O)ON1CC(O)(c2cc3c(cc2O)OCC3)c2c(Br)cccc21. The van der Waals surface area contributed by atoms with E-state index in [0.717, 1.165) is 5.56 Å². The molecule has 0 radical (unpaired) electrons. The number of hydroxylamine groups is 1. The van der Waals surface area contributed by atoms with E-state index in [9.17, 15) is 19.8 Å². The minimum absolute atomic E-state index is 0.0217. The van der Waals surface area contributed by atoms with Crippen LogP contribution in [-0.4, -0.2) is 35.1 Å². The molecule has 4 rings (SSSR count). The molecular weight excluding hydrogens is 430 g/mol. The molecule has 0 bridgehead atoms. The minimum Gasteiger partial charge on any atom is -0.507 e. The molecule has 0 amide bonds. The second-order valence-corrected chi connectivity index (χ2v) is 7.62. The molecule has 2 N–H and O–H groups in total. The number of anilines is 1.